The van der Waals surface area contributed by atoms with Crippen LogP contribution in [-0.4, -0.2) is 24.6 Å². The minimum Gasteiger partial charge on any atom is -0.466 e. The van der Waals surface area contributed by atoms with E-state index in [-0.39, 0.29) is 36.3 Å². The Morgan fingerprint density at radius 2 is 1.28 bits per heavy atom. The molecule has 0 radical (unpaired) electrons. The van der Waals surface area contributed by atoms with Crippen molar-refractivity contribution in [1.29, 1.82) is 0 Å². The van der Waals surface area contributed by atoms with Gasteiger partial charge >= 0.3 is 11.9 Å². The molecule has 0 saturated carbocycles. The van der Waals surface area contributed by atoms with Gasteiger partial charge in [-0.2, -0.15) is 0 Å². The number of esters is 2. The fourth-order valence-corrected chi connectivity index (χ4v) is 2.31. The first-order valence-corrected chi connectivity index (χ1v) is 10.1. The highest BCUT2D eigenvalue weighted by atomic mass is 16.5. The zero-order valence-corrected chi connectivity index (χ0v) is 17.2. The second kappa shape index (κ2) is 14.1. The van der Waals surface area contributed by atoms with E-state index < -0.39 is 0 Å². The van der Waals surface area contributed by atoms with Crippen LogP contribution in [0.3, 0.4) is 0 Å². The minimum atomic E-state index is -0.331. The third kappa shape index (κ3) is 14.9. The molecule has 0 aromatic carbocycles. The smallest absolute Gasteiger partial charge is 0.306 e. The topological polar surface area (TPSA) is 52.6 Å². The molecule has 4 nitrogen and oxygen atoms in total. The molecule has 1 atom stereocenters. The number of hydrogen-bond acceptors (Lipinski definition) is 4. The lowest BCUT2D eigenvalue weighted by atomic mass is 9.90. The minimum absolute atomic E-state index is 0.0911. The van der Waals surface area contributed by atoms with Crippen LogP contribution < -0.4 is 0 Å². The maximum atomic E-state index is 11.7. The van der Waals surface area contributed by atoms with Gasteiger partial charge in [-0.3, -0.25) is 9.59 Å². The summed E-state index contributed by atoms with van der Waals surface area (Å²) in [6.45, 7) is 10.6. The predicted octanol–water partition coefficient (Wildman–Crippen LogP) is 5.82. The van der Waals surface area contributed by atoms with Crippen molar-refractivity contribution in [3.8, 4) is 0 Å². The summed E-state index contributed by atoms with van der Waals surface area (Å²) in [7, 11) is 0. The maximum Gasteiger partial charge on any atom is 0.306 e. The van der Waals surface area contributed by atoms with Gasteiger partial charge in [-0.15, -0.1) is 0 Å². The van der Waals surface area contributed by atoms with E-state index in [4.69, 9.17) is 9.47 Å². The van der Waals surface area contributed by atoms with Crippen LogP contribution in [0.1, 0.15) is 105 Å². The summed E-state index contributed by atoms with van der Waals surface area (Å²) in [6, 6.07) is 0. The largest absolute Gasteiger partial charge is 0.466 e. The zero-order valence-electron chi connectivity index (χ0n) is 17.2. The quantitative estimate of drug-likeness (QED) is 0.291. The molecule has 4 heteroatoms. The van der Waals surface area contributed by atoms with Crippen molar-refractivity contribution >= 4 is 11.9 Å². The van der Waals surface area contributed by atoms with E-state index in [1.54, 1.807) is 0 Å². The Morgan fingerprint density at radius 1 is 0.800 bits per heavy atom. The molecule has 0 saturated heterocycles. The number of carbonyl (C=O) groups is 2. The molecule has 0 fully saturated rings. The van der Waals surface area contributed by atoms with Crippen molar-refractivity contribution < 1.29 is 19.1 Å². The molecule has 0 aromatic rings. The molecule has 0 aliphatic carbocycles. The summed E-state index contributed by atoms with van der Waals surface area (Å²) >= 11 is 0. The van der Waals surface area contributed by atoms with Gasteiger partial charge in [0.1, 0.15) is 6.10 Å². The molecule has 0 aromatic heterocycles. The Balaban J connectivity index is 3.51. The van der Waals surface area contributed by atoms with E-state index in [2.05, 4.69) is 6.92 Å². The van der Waals surface area contributed by atoms with Gasteiger partial charge in [-0.05, 0) is 18.8 Å². The Kier molecular flexibility index (Phi) is 13.5. The predicted molar refractivity (Wildman–Crippen MR) is 102 cm³/mol. The average Bonchev–Trinajstić information content (AvgIpc) is 2.53. The maximum absolute atomic E-state index is 11.7. The Hall–Kier alpha value is -1.06. The van der Waals surface area contributed by atoms with Crippen molar-refractivity contribution in [2.45, 2.75) is 111 Å². The van der Waals surface area contributed by atoms with Crippen molar-refractivity contribution in [3.63, 3.8) is 0 Å². The lowest BCUT2D eigenvalue weighted by molar-refractivity contribution is -0.156. The Bertz CT molecular complexity index is 357. The molecule has 0 bridgehead atoms. The van der Waals surface area contributed by atoms with E-state index >= 15 is 0 Å². The molecule has 0 aliphatic rings. The summed E-state index contributed by atoms with van der Waals surface area (Å²) < 4.78 is 10.5. The normalized spacial score (nSPS) is 12.7. The molecular formula is C21H40O4. The van der Waals surface area contributed by atoms with Crippen LogP contribution >= 0.6 is 0 Å². The SMILES string of the molecule is CCCCCCCCCCCOC(=O)CCC(=O)OC(C)C(C)(C)C. The average molecular weight is 357 g/mol. The fourth-order valence-electron chi connectivity index (χ4n) is 2.31. The highest BCUT2D eigenvalue weighted by Crippen LogP contribution is 2.22. The third-order valence-corrected chi connectivity index (χ3v) is 4.57. The van der Waals surface area contributed by atoms with Crippen LogP contribution in [-0.2, 0) is 19.1 Å². The van der Waals surface area contributed by atoms with Crippen molar-refractivity contribution in [2.75, 3.05) is 6.61 Å². The Morgan fingerprint density at radius 3 is 1.80 bits per heavy atom. The third-order valence-electron chi connectivity index (χ3n) is 4.57. The fraction of sp³-hybridized carbons (Fsp3) is 0.905. The standard InChI is InChI=1S/C21H40O4/c1-6-7-8-9-10-11-12-13-14-17-24-19(22)15-16-20(23)25-18(2)21(3,4)5/h18H,6-17H2,1-5H3. The van der Waals surface area contributed by atoms with Crippen LogP contribution in [0, 0.1) is 5.41 Å². The lowest BCUT2D eigenvalue weighted by Gasteiger charge is -2.26. The second-order valence-corrected chi connectivity index (χ2v) is 8.05. The van der Waals surface area contributed by atoms with Crippen molar-refractivity contribution in [3.05, 3.63) is 0 Å². The number of ether oxygens (including phenoxy) is 2. The highest BCUT2D eigenvalue weighted by molar-refractivity contribution is 5.77. The van der Waals surface area contributed by atoms with Gasteiger partial charge in [-0.1, -0.05) is 79.1 Å². The van der Waals surface area contributed by atoms with Gasteiger partial charge in [0.15, 0.2) is 0 Å². The lowest BCUT2D eigenvalue weighted by Crippen LogP contribution is -2.28. The molecule has 0 heterocycles. The number of carbonyl (C=O) groups excluding carboxylic acids is 2. The van der Waals surface area contributed by atoms with Gasteiger partial charge < -0.3 is 9.47 Å². The van der Waals surface area contributed by atoms with E-state index in [1.165, 1.54) is 44.9 Å². The van der Waals surface area contributed by atoms with Crippen LogP contribution in [0.5, 0.6) is 0 Å². The van der Waals surface area contributed by atoms with Crippen LogP contribution in [0.2, 0.25) is 0 Å². The van der Waals surface area contributed by atoms with E-state index in [0.717, 1.165) is 12.8 Å². The van der Waals surface area contributed by atoms with Crippen LogP contribution in [0.25, 0.3) is 0 Å². The first-order chi connectivity index (χ1) is 11.8. The first-order valence-electron chi connectivity index (χ1n) is 10.1. The number of rotatable bonds is 14. The van der Waals surface area contributed by atoms with E-state index in [1.807, 2.05) is 27.7 Å². The summed E-state index contributed by atoms with van der Waals surface area (Å²) in [5.41, 5.74) is -0.0911. The summed E-state index contributed by atoms with van der Waals surface area (Å²) in [6.07, 6.45) is 11.2. The molecule has 0 spiro atoms. The molecule has 0 N–H and O–H groups in total. The molecule has 25 heavy (non-hydrogen) atoms. The molecule has 0 rings (SSSR count). The first kappa shape index (κ1) is 23.9. The Labute approximate surface area is 155 Å². The van der Waals surface area contributed by atoms with Crippen molar-refractivity contribution in [1.82, 2.24) is 0 Å². The summed E-state index contributed by atoms with van der Waals surface area (Å²) in [5.74, 6) is -0.637. The molecule has 1 unspecified atom stereocenters. The second-order valence-electron chi connectivity index (χ2n) is 8.05. The van der Waals surface area contributed by atoms with Gasteiger partial charge in [0.25, 0.3) is 0 Å². The monoisotopic (exact) mass is 356 g/mol. The van der Waals surface area contributed by atoms with Crippen LogP contribution in [0.4, 0.5) is 0 Å². The highest BCUT2D eigenvalue weighted by Gasteiger charge is 2.23. The molecular weight excluding hydrogens is 316 g/mol. The number of hydrogen-bond donors (Lipinski definition) is 0. The van der Waals surface area contributed by atoms with Gasteiger partial charge in [0.05, 0.1) is 19.4 Å². The van der Waals surface area contributed by atoms with Gasteiger partial charge in [0, 0.05) is 0 Å². The number of unbranched alkanes of at least 4 members (excludes halogenated alkanes) is 8. The van der Waals surface area contributed by atoms with Crippen LogP contribution in [0.15, 0.2) is 0 Å². The molecule has 0 amide bonds. The van der Waals surface area contributed by atoms with Gasteiger partial charge in [-0.25, -0.2) is 0 Å². The van der Waals surface area contributed by atoms with E-state index in [0.29, 0.717) is 6.61 Å². The molecule has 0 aliphatic heterocycles. The summed E-state index contributed by atoms with van der Waals surface area (Å²) in [4.78, 5) is 23.4. The molecule has 148 valence electrons. The van der Waals surface area contributed by atoms with Gasteiger partial charge in [0.2, 0.25) is 0 Å². The summed E-state index contributed by atoms with van der Waals surface area (Å²) in [5, 5.41) is 0. The van der Waals surface area contributed by atoms with Crippen molar-refractivity contribution in [2.24, 2.45) is 5.41 Å². The van der Waals surface area contributed by atoms with E-state index in [9.17, 15) is 9.59 Å². The zero-order chi connectivity index (χ0) is 19.1.